The van der Waals surface area contributed by atoms with Gasteiger partial charge in [-0.15, -0.1) is 0 Å². The summed E-state index contributed by atoms with van der Waals surface area (Å²) in [6, 6.07) is 0.478. The van der Waals surface area contributed by atoms with Gasteiger partial charge >= 0.3 is 0 Å². The number of rotatable bonds is 4. The number of hydrogen-bond donors (Lipinski definition) is 1. The average molecular weight is 203 g/mol. The van der Waals surface area contributed by atoms with E-state index in [9.17, 15) is 8.42 Å². The molecule has 0 aliphatic heterocycles. The normalized spacial score (nSPS) is 23.3. The van der Waals surface area contributed by atoms with Crippen molar-refractivity contribution < 1.29 is 8.42 Å². The van der Waals surface area contributed by atoms with Crippen LogP contribution in [-0.4, -0.2) is 33.0 Å². The molecule has 1 atom stereocenters. The van der Waals surface area contributed by atoms with E-state index in [0.29, 0.717) is 12.6 Å². The summed E-state index contributed by atoms with van der Waals surface area (Å²) < 4.78 is 21.6. The Balaban J connectivity index is 2.16. The highest BCUT2D eigenvalue weighted by Crippen LogP contribution is 2.09. The molecule has 13 heavy (non-hydrogen) atoms. The Morgan fingerprint density at radius 3 is 2.77 bits per heavy atom. The predicted octanol–water partition coefficient (Wildman–Crippen LogP) is 0.729. The third kappa shape index (κ3) is 5.05. The first-order chi connectivity index (χ1) is 6.08. The Labute approximate surface area is 80.1 Å². The van der Waals surface area contributed by atoms with Gasteiger partial charge in [-0.25, -0.2) is 8.42 Å². The lowest BCUT2D eigenvalue weighted by Crippen LogP contribution is -2.33. The SMILES string of the molecule is CS(=O)(=O)CCNC1CC=CCC1. The van der Waals surface area contributed by atoms with Crippen molar-refractivity contribution in [1.29, 1.82) is 0 Å². The largest absolute Gasteiger partial charge is 0.313 e. The molecule has 1 aliphatic rings. The molecule has 76 valence electrons. The summed E-state index contributed by atoms with van der Waals surface area (Å²) in [4.78, 5) is 0. The number of nitrogens with one attached hydrogen (secondary N) is 1. The number of sulfone groups is 1. The van der Waals surface area contributed by atoms with E-state index in [1.165, 1.54) is 6.26 Å². The molecule has 1 N–H and O–H groups in total. The molecule has 1 rings (SSSR count). The quantitative estimate of drug-likeness (QED) is 0.685. The van der Waals surface area contributed by atoms with E-state index in [1.54, 1.807) is 0 Å². The molecule has 4 heteroatoms. The lowest BCUT2D eigenvalue weighted by Gasteiger charge is -2.18. The van der Waals surface area contributed by atoms with Crippen molar-refractivity contribution in [1.82, 2.24) is 5.32 Å². The molecule has 0 aromatic carbocycles. The molecular formula is C9H17NO2S. The van der Waals surface area contributed by atoms with E-state index in [-0.39, 0.29) is 5.75 Å². The van der Waals surface area contributed by atoms with Gasteiger partial charge in [-0.2, -0.15) is 0 Å². The van der Waals surface area contributed by atoms with E-state index in [4.69, 9.17) is 0 Å². The summed E-state index contributed by atoms with van der Waals surface area (Å²) in [7, 11) is -2.81. The molecule has 0 radical (unpaired) electrons. The highest BCUT2D eigenvalue weighted by atomic mass is 32.2. The van der Waals surface area contributed by atoms with Gasteiger partial charge in [-0.1, -0.05) is 12.2 Å². The Bertz CT molecular complexity index is 269. The van der Waals surface area contributed by atoms with E-state index in [2.05, 4.69) is 17.5 Å². The Morgan fingerprint density at radius 1 is 1.46 bits per heavy atom. The third-order valence-corrected chi connectivity index (χ3v) is 3.12. The zero-order valence-electron chi connectivity index (χ0n) is 7.99. The van der Waals surface area contributed by atoms with Crippen molar-refractivity contribution >= 4 is 9.84 Å². The fourth-order valence-corrected chi connectivity index (χ4v) is 1.92. The maximum Gasteiger partial charge on any atom is 0.148 e. The van der Waals surface area contributed by atoms with Gasteiger partial charge in [0.05, 0.1) is 5.75 Å². The topological polar surface area (TPSA) is 46.2 Å². The first kappa shape index (κ1) is 10.7. The third-order valence-electron chi connectivity index (χ3n) is 2.17. The smallest absolute Gasteiger partial charge is 0.148 e. The molecule has 0 aromatic heterocycles. The molecule has 1 unspecified atom stereocenters. The lowest BCUT2D eigenvalue weighted by atomic mass is 10.0. The standard InChI is InChI=1S/C9H17NO2S/c1-13(11,12)8-7-10-9-5-3-2-4-6-9/h2-3,9-10H,4-8H2,1H3. The number of hydrogen-bond acceptors (Lipinski definition) is 3. The van der Waals surface area contributed by atoms with Crippen LogP contribution >= 0.6 is 0 Å². The summed E-state index contributed by atoms with van der Waals surface area (Å²) in [5.41, 5.74) is 0. The predicted molar refractivity (Wildman–Crippen MR) is 54.5 cm³/mol. The van der Waals surface area contributed by atoms with Crippen LogP contribution in [0.25, 0.3) is 0 Å². The van der Waals surface area contributed by atoms with Gasteiger partial charge in [0.1, 0.15) is 9.84 Å². The van der Waals surface area contributed by atoms with Crippen molar-refractivity contribution in [3.63, 3.8) is 0 Å². The molecule has 0 bridgehead atoms. The van der Waals surface area contributed by atoms with Gasteiger partial charge < -0.3 is 5.32 Å². The summed E-state index contributed by atoms with van der Waals surface area (Å²) in [6.45, 7) is 0.581. The van der Waals surface area contributed by atoms with Crippen LogP contribution in [0.4, 0.5) is 0 Å². The number of allylic oxidation sites excluding steroid dienone is 1. The van der Waals surface area contributed by atoms with Gasteiger partial charge in [0.25, 0.3) is 0 Å². The fourth-order valence-electron chi connectivity index (χ4n) is 1.43. The van der Waals surface area contributed by atoms with Crippen LogP contribution in [0.3, 0.4) is 0 Å². The molecular weight excluding hydrogens is 186 g/mol. The molecule has 0 amide bonds. The maximum absolute atomic E-state index is 10.8. The zero-order valence-corrected chi connectivity index (χ0v) is 8.81. The van der Waals surface area contributed by atoms with Gasteiger partial charge in [0.15, 0.2) is 0 Å². The van der Waals surface area contributed by atoms with Gasteiger partial charge in [-0.05, 0) is 19.3 Å². The van der Waals surface area contributed by atoms with Crippen LogP contribution in [-0.2, 0) is 9.84 Å². The molecule has 0 fully saturated rings. The maximum atomic E-state index is 10.8. The van der Waals surface area contributed by atoms with Crippen LogP contribution in [0.2, 0.25) is 0 Å². The summed E-state index contributed by atoms with van der Waals surface area (Å²) in [6.07, 6.45) is 8.87. The van der Waals surface area contributed by atoms with Crippen molar-refractivity contribution in [2.24, 2.45) is 0 Å². The van der Waals surface area contributed by atoms with Gasteiger partial charge in [0.2, 0.25) is 0 Å². The second kappa shape index (κ2) is 4.77. The highest BCUT2D eigenvalue weighted by Gasteiger charge is 2.09. The highest BCUT2D eigenvalue weighted by molar-refractivity contribution is 7.90. The second-order valence-electron chi connectivity index (χ2n) is 3.57. The summed E-state index contributed by atoms with van der Waals surface area (Å²) in [5.74, 6) is 0.243. The second-order valence-corrected chi connectivity index (χ2v) is 5.83. The van der Waals surface area contributed by atoms with Crippen molar-refractivity contribution in [2.75, 3.05) is 18.6 Å². The monoisotopic (exact) mass is 203 g/mol. The van der Waals surface area contributed by atoms with Crippen LogP contribution in [0.5, 0.6) is 0 Å². The summed E-state index contributed by atoms with van der Waals surface area (Å²) >= 11 is 0. The van der Waals surface area contributed by atoms with E-state index in [1.807, 2.05) is 0 Å². The van der Waals surface area contributed by atoms with Crippen molar-refractivity contribution in [3.8, 4) is 0 Å². The molecule has 1 aliphatic carbocycles. The molecule has 3 nitrogen and oxygen atoms in total. The minimum Gasteiger partial charge on any atom is -0.313 e. The van der Waals surface area contributed by atoms with Crippen LogP contribution in [0, 0.1) is 0 Å². The fraction of sp³-hybridized carbons (Fsp3) is 0.778. The molecule has 0 heterocycles. The van der Waals surface area contributed by atoms with Crippen LogP contribution < -0.4 is 5.32 Å². The van der Waals surface area contributed by atoms with Gasteiger partial charge in [-0.3, -0.25) is 0 Å². The van der Waals surface area contributed by atoms with E-state index in [0.717, 1.165) is 19.3 Å². The first-order valence-electron chi connectivity index (χ1n) is 4.64. The van der Waals surface area contributed by atoms with Crippen LogP contribution in [0.1, 0.15) is 19.3 Å². The summed E-state index contributed by atoms with van der Waals surface area (Å²) in [5, 5.41) is 3.25. The van der Waals surface area contributed by atoms with Crippen molar-refractivity contribution in [3.05, 3.63) is 12.2 Å². The zero-order chi connectivity index (χ0) is 9.73. The average Bonchev–Trinajstić information content (AvgIpc) is 2.04. The van der Waals surface area contributed by atoms with Gasteiger partial charge in [0, 0.05) is 18.8 Å². The van der Waals surface area contributed by atoms with Crippen molar-refractivity contribution in [2.45, 2.75) is 25.3 Å². The minimum absolute atomic E-state index is 0.243. The first-order valence-corrected chi connectivity index (χ1v) is 6.70. The van der Waals surface area contributed by atoms with E-state index < -0.39 is 9.84 Å². The van der Waals surface area contributed by atoms with E-state index >= 15 is 0 Å². The molecule has 0 saturated heterocycles. The molecule has 0 aromatic rings. The Hall–Kier alpha value is -0.350. The Morgan fingerprint density at radius 2 is 2.23 bits per heavy atom. The molecule has 0 saturated carbocycles. The Kier molecular flexibility index (Phi) is 3.93. The van der Waals surface area contributed by atoms with Crippen LogP contribution in [0.15, 0.2) is 12.2 Å². The molecule has 0 spiro atoms. The minimum atomic E-state index is -2.81. The lowest BCUT2D eigenvalue weighted by molar-refractivity contribution is 0.487.